The fourth-order valence-corrected chi connectivity index (χ4v) is 4.02. The summed E-state index contributed by atoms with van der Waals surface area (Å²) in [6.07, 6.45) is -2.76. The molecule has 10 nitrogen and oxygen atoms in total. The summed E-state index contributed by atoms with van der Waals surface area (Å²) in [7, 11) is 2.82. The Hall–Kier alpha value is -2.92. The zero-order valence-electron chi connectivity index (χ0n) is 19.9. The standard InChI is InChI=1S/C24H31NO9/c1-7-11-31-21-14-9-10-16(12(3)20(14)34-23(28)17(21)13(4)25-30-6)33-24-19(27)18(26)22(29-5)15(8-2)32-24/h7,9-10,15,18-19,22,24,26-27H,1,8,11H2,2-6H3/t15-,18?,19?,22?,24?/m0/s1. The van der Waals surface area contributed by atoms with E-state index in [2.05, 4.69) is 11.7 Å². The van der Waals surface area contributed by atoms with Crippen LogP contribution < -0.4 is 15.1 Å². The number of benzene rings is 1. The SMILES string of the molecule is C=CCOc1c(C(C)=NOC)c(=O)oc2c(C)c(OC3O[C@@H](CC)C(OC)C(O)C3O)ccc12. The molecule has 1 saturated heterocycles. The van der Waals surface area contributed by atoms with Gasteiger partial charge in [-0.1, -0.05) is 24.7 Å². The van der Waals surface area contributed by atoms with Gasteiger partial charge in [-0.15, -0.1) is 0 Å². The molecule has 1 aromatic carbocycles. The second-order valence-corrected chi connectivity index (χ2v) is 7.87. The average molecular weight is 478 g/mol. The molecule has 10 heteroatoms. The molecule has 34 heavy (non-hydrogen) atoms. The van der Waals surface area contributed by atoms with Crippen LogP contribution in [-0.4, -0.2) is 67.5 Å². The number of oxime groups is 1. The minimum absolute atomic E-state index is 0.134. The first-order valence-electron chi connectivity index (χ1n) is 10.9. The molecule has 1 aromatic heterocycles. The summed E-state index contributed by atoms with van der Waals surface area (Å²) in [4.78, 5) is 17.7. The highest BCUT2D eigenvalue weighted by atomic mass is 16.7. The smallest absolute Gasteiger partial charge is 0.349 e. The van der Waals surface area contributed by atoms with E-state index in [1.807, 2.05) is 6.92 Å². The lowest BCUT2D eigenvalue weighted by Crippen LogP contribution is -2.59. The van der Waals surface area contributed by atoms with Gasteiger partial charge in [0.05, 0.1) is 17.2 Å². The highest BCUT2D eigenvalue weighted by molar-refractivity contribution is 6.05. The number of nitrogens with zero attached hydrogens (tertiary/aromatic N) is 1. The number of methoxy groups -OCH3 is 1. The first-order chi connectivity index (χ1) is 16.3. The van der Waals surface area contributed by atoms with Gasteiger partial charge < -0.3 is 38.4 Å². The van der Waals surface area contributed by atoms with E-state index in [-0.39, 0.29) is 23.5 Å². The zero-order chi connectivity index (χ0) is 25.0. The summed E-state index contributed by atoms with van der Waals surface area (Å²) in [5.41, 5.74) is 0.487. The molecule has 1 aliphatic heterocycles. The van der Waals surface area contributed by atoms with Crippen molar-refractivity contribution in [3.05, 3.63) is 46.3 Å². The molecule has 4 unspecified atom stereocenters. The molecule has 2 aromatic rings. The summed E-state index contributed by atoms with van der Waals surface area (Å²) in [6.45, 7) is 9.00. The minimum atomic E-state index is -1.35. The maximum Gasteiger partial charge on any atom is 0.349 e. The van der Waals surface area contributed by atoms with Gasteiger partial charge in [0.2, 0.25) is 6.29 Å². The molecule has 0 aliphatic carbocycles. The monoisotopic (exact) mass is 477 g/mol. The van der Waals surface area contributed by atoms with E-state index in [4.69, 9.17) is 28.2 Å². The van der Waals surface area contributed by atoms with E-state index in [9.17, 15) is 15.0 Å². The number of fused-ring (bicyclic) bond motifs is 1. The lowest BCUT2D eigenvalue weighted by atomic mass is 9.97. The van der Waals surface area contributed by atoms with Crippen molar-refractivity contribution in [2.45, 2.75) is 57.9 Å². The Balaban J connectivity index is 2.06. The summed E-state index contributed by atoms with van der Waals surface area (Å²) in [6, 6.07) is 3.32. The van der Waals surface area contributed by atoms with Crippen LogP contribution in [0.4, 0.5) is 0 Å². The zero-order valence-corrected chi connectivity index (χ0v) is 19.9. The van der Waals surface area contributed by atoms with Crippen LogP contribution in [0.25, 0.3) is 11.0 Å². The molecule has 0 bridgehead atoms. The molecule has 3 rings (SSSR count). The molecule has 0 saturated carbocycles. The van der Waals surface area contributed by atoms with E-state index in [0.29, 0.717) is 28.8 Å². The van der Waals surface area contributed by atoms with Gasteiger partial charge in [-0.2, -0.15) is 0 Å². The van der Waals surface area contributed by atoms with Crippen LogP contribution in [0.1, 0.15) is 31.4 Å². The van der Waals surface area contributed by atoms with Gasteiger partial charge in [0.25, 0.3) is 0 Å². The molecule has 5 atom stereocenters. The van der Waals surface area contributed by atoms with Crippen molar-refractivity contribution in [1.29, 1.82) is 0 Å². The molecule has 2 N–H and O–H groups in total. The van der Waals surface area contributed by atoms with E-state index < -0.39 is 36.3 Å². The number of ether oxygens (including phenoxy) is 4. The van der Waals surface area contributed by atoms with Gasteiger partial charge in [-0.3, -0.25) is 0 Å². The van der Waals surface area contributed by atoms with Crippen LogP contribution in [0.3, 0.4) is 0 Å². The third-order valence-corrected chi connectivity index (χ3v) is 5.72. The van der Waals surface area contributed by atoms with Gasteiger partial charge in [-0.25, -0.2) is 4.79 Å². The number of rotatable bonds is 9. The van der Waals surface area contributed by atoms with Crippen molar-refractivity contribution < 1.29 is 38.4 Å². The van der Waals surface area contributed by atoms with Crippen molar-refractivity contribution >= 4 is 16.7 Å². The predicted molar refractivity (Wildman–Crippen MR) is 125 cm³/mol. The predicted octanol–water partition coefficient (Wildman–Crippen LogP) is 2.29. The Morgan fingerprint density at radius 1 is 1.26 bits per heavy atom. The van der Waals surface area contributed by atoms with Gasteiger partial charge in [0.1, 0.15) is 54.7 Å². The number of aryl methyl sites for hydroxylation is 1. The third-order valence-electron chi connectivity index (χ3n) is 5.72. The van der Waals surface area contributed by atoms with Gasteiger partial charge in [0.15, 0.2) is 0 Å². The number of hydrogen-bond acceptors (Lipinski definition) is 10. The second kappa shape index (κ2) is 11.0. The van der Waals surface area contributed by atoms with Crippen molar-refractivity contribution in [1.82, 2.24) is 0 Å². The summed E-state index contributed by atoms with van der Waals surface area (Å²) in [5, 5.41) is 25.4. The van der Waals surface area contributed by atoms with Gasteiger partial charge in [-0.05, 0) is 32.4 Å². The van der Waals surface area contributed by atoms with Gasteiger partial charge >= 0.3 is 5.63 Å². The van der Waals surface area contributed by atoms with Crippen LogP contribution in [0.15, 0.2) is 39.2 Å². The van der Waals surface area contributed by atoms with Crippen LogP contribution in [0.5, 0.6) is 11.5 Å². The van der Waals surface area contributed by atoms with E-state index in [1.54, 1.807) is 32.1 Å². The summed E-state index contributed by atoms with van der Waals surface area (Å²) in [5.74, 6) is 0.583. The molecule has 1 fully saturated rings. The third kappa shape index (κ3) is 4.80. The highest BCUT2D eigenvalue weighted by Crippen LogP contribution is 2.36. The lowest BCUT2D eigenvalue weighted by molar-refractivity contribution is -0.277. The van der Waals surface area contributed by atoms with Crippen LogP contribution in [-0.2, 0) is 14.3 Å². The van der Waals surface area contributed by atoms with Crippen molar-refractivity contribution in [2.24, 2.45) is 5.16 Å². The maximum atomic E-state index is 12.9. The van der Waals surface area contributed by atoms with Crippen LogP contribution >= 0.6 is 0 Å². The molecule has 186 valence electrons. The Morgan fingerprint density at radius 2 is 2.00 bits per heavy atom. The Morgan fingerprint density at radius 3 is 2.62 bits per heavy atom. The van der Waals surface area contributed by atoms with Gasteiger partial charge in [0, 0.05) is 12.7 Å². The second-order valence-electron chi connectivity index (χ2n) is 7.87. The largest absolute Gasteiger partial charge is 0.488 e. The van der Waals surface area contributed by atoms with Crippen LogP contribution in [0.2, 0.25) is 0 Å². The molecular weight excluding hydrogens is 446 g/mol. The Bertz CT molecular complexity index is 1110. The fraction of sp³-hybridized carbons (Fsp3) is 0.500. The minimum Gasteiger partial charge on any atom is -0.488 e. The van der Waals surface area contributed by atoms with Crippen molar-refractivity contribution in [2.75, 3.05) is 20.8 Å². The average Bonchev–Trinajstić information content (AvgIpc) is 2.82. The summed E-state index contributed by atoms with van der Waals surface area (Å²) < 4.78 is 28.5. The molecule has 1 aliphatic rings. The lowest BCUT2D eigenvalue weighted by Gasteiger charge is -2.41. The maximum absolute atomic E-state index is 12.9. The molecular formula is C24H31NO9. The van der Waals surface area contributed by atoms with E-state index >= 15 is 0 Å². The number of aliphatic hydroxyl groups is 2. The quantitative estimate of drug-likeness (QED) is 0.242. The molecule has 2 heterocycles. The summed E-state index contributed by atoms with van der Waals surface area (Å²) >= 11 is 0. The van der Waals surface area contributed by atoms with E-state index in [1.165, 1.54) is 14.2 Å². The van der Waals surface area contributed by atoms with Crippen molar-refractivity contribution in [3.8, 4) is 11.5 Å². The fourth-order valence-electron chi connectivity index (χ4n) is 4.02. The first-order valence-corrected chi connectivity index (χ1v) is 10.9. The van der Waals surface area contributed by atoms with Crippen LogP contribution in [0, 0.1) is 6.92 Å². The topological polar surface area (TPSA) is 129 Å². The first kappa shape index (κ1) is 25.7. The Labute approximate surface area is 197 Å². The molecule has 0 radical (unpaired) electrons. The Kier molecular flexibility index (Phi) is 8.32. The highest BCUT2D eigenvalue weighted by Gasteiger charge is 2.45. The van der Waals surface area contributed by atoms with Crippen molar-refractivity contribution in [3.63, 3.8) is 0 Å². The van der Waals surface area contributed by atoms with E-state index in [0.717, 1.165) is 0 Å². The molecule has 0 spiro atoms. The normalized spacial score (nSPS) is 25.3. The number of aliphatic hydroxyl groups excluding tert-OH is 2. The number of hydrogen-bond donors (Lipinski definition) is 2. The molecule has 0 amide bonds.